The van der Waals surface area contributed by atoms with Crippen LogP contribution in [0.1, 0.15) is 10.4 Å². The summed E-state index contributed by atoms with van der Waals surface area (Å²) in [6, 6.07) is 11.0. The normalized spacial score (nSPS) is 10.7. The van der Waals surface area contributed by atoms with Crippen molar-refractivity contribution in [2.45, 2.75) is 0 Å². The van der Waals surface area contributed by atoms with Gasteiger partial charge in [0.1, 0.15) is 23.7 Å². The molecule has 0 unspecified atom stereocenters. The van der Waals surface area contributed by atoms with Crippen LogP contribution in [0.25, 0.3) is 5.82 Å². The Morgan fingerprint density at radius 2 is 2.04 bits per heavy atom. The lowest BCUT2D eigenvalue weighted by Gasteiger charge is -2.18. The molecule has 25 heavy (non-hydrogen) atoms. The maximum Gasteiger partial charge on any atom is 0.259 e. The monoisotopic (exact) mass is 358 g/mol. The SMILES string of the molecule is CN(CCOc1cccc(Cl)c1)C(=O)c1cnn(C)c1-n1cccc1. The molecule has 0 saturated heterocycles. The Morgan fingerprint density at radius 1 is 1.28 bits per heavy atom. The van der Waals surface area contributed by atoms with Crippen molar-refractivity contribution < 1.29 is 9.53 Å². The maximum atomic E-state index is 12.8. The van der Waals surface area contributed by atoms with Crippen molar-refractivity contribution >= 4 is 17.5 Å². The number of amides is 1. The second-order valence-electron chi connectivity index (χ2n) is 5.63. The number of ether oxygens (including phenoxy) is 1. The molecule has 0 N–H and O–H groups in total. The number of halogens is 1. The first kappa shape index (κ1) is 17.1. The van der Waals surface area contributed by atoms with Crippen LogP contribution in [0.5, 0.6) is 5.75 Å². The van der Waals surface area contributed by atoms with Crippen LogP contribution in [-0.4, -0.2) is 45.4 Å². The van der Waals surface area contributed by atoms with E-state index < -0.39 is 0 Å². The lowest BCUT2D eigenvalue weighted by Crippen LogP contribution is -2.31. The van der Waals surface area contributed by atoms with Gasteiger partial charge in [0.2, 0.25) is 0 Å². The summed E-state index contributed by atoms with van der Waals surface area (Å²) < 4.78 is 9.20. The number of carbonyl (C=O) groups is 1. The number of nitrogens with zero attached hydrogens (tertiary/aromatic N) is 4. The van der Waals surface area contributed by atoms with Crippen molar-refractivity contribution in [1.29, 1.82) is 0 Å². The van der Waals surface area contributed by atoms with Crippen LogP contribution in [0, 0.1) is 0 Å². The fourth-order valence-electron chi connectivity index (χ4n) is 2.53. The van der Waals surface area contributed by atoms with Crippen LogP contribution in [0.4, 0.5) is 0 Å². The van der Waals surface area contributed by atoms with E-state index in [-0.39, 0.29) is 5.91 Å². The van der Waals surface area contributed by atoms with Gasteiger partial charge in [0.05, 0.1) is 12.7 Å². The van der Waals surface area contributed by atoms with E-state index in [2.05, 4.69) is 5.10 Å². The number of likely N-dealkylation sites (N-methyl/N-ethyl adjacent to an activating group) is 1. The van der Waals surface area contributed by atoms with Crippen LogP contribution in [0.3, 0.4) is 0 Å². The molecule has 0 aliphatic carbocycles. The lowest BCUT2D eigenvalue weighted by atomic mass is 10.3. The lowest BCUT2D eigenvalue weighted by molar-refractivity contribution is 0.0773. The van der Waals surface area contributed by atoms with Crippen molar-refractivity contribution in [2.75, 3.05) is 20.2 Å². The third kappa shape index (κ3) is 3.85. The van der Waals surface area contributed by atoms with Gasteiger partial charge in [-0.15, -0.1) is 0 Å². The molecule has 3 aromatic rings. The standard InChI is InChI=1S/C18H19ClN4O2/c1-21(10-11-25-15-7-5-6-14(19)12-15)18(24)16-13-20-22(2)17(16)23-8-3-4-9-23/h3-9,12-13H,10-11H2,1-2H3. The van der Waals surface area contributed by atoms with Crippen molar-refractivity contribution in [3.8, 4) is 11.6 Å². The highest BCUT2D eigenvalue weighted by Gasteiger charge is 2.20. The molecule has 2 heterocycles. The van der Waals surface area contributed by atoms with Crippen LogP contribution in [0.15, 0.2) is 55.0 Å². The first-order valence-electron chi connectivity index (χ1n) is 7.85. The van der Waals surface area contributed by atoms with Crippen LogP contribution >= 0.6 is 11.6 Å². The van der Waals surface area contributed by atoms with E-state index in [4.69, 9.17) is 16.3 Å². The summed E-state index contributed by atoms with van der Waals surface area (Å²) in [4.78, 5) is 14.4. The summed E-state index contributed by atoms with van der Waals surface area (Å²) in [5.41, 5.74) is 0.545. The molecular formula is C18H19ClN4O2. The Bertz CT molecular complexity index is 858. The number of rotatable bonds is 6. The molecule has 130 valence electrons. The van der Waals surface area contributed by atoms with Crippen molar-refractivity contribution in [2.24, 2.45) is 7.05 Å². The van der Waals surface area contributed by atoms with Gasteiger partial charge in [-0.1, -0.05) is 17.7 Å². The second kappa shape index (κ2) is 7.44. The van der Waals surface area contributed by atoms with E-state index in [1.54, 1.807) is 35.0 Å². The Hall–Kier alpha value is -2.73. The van der Waals surface area contributed by atoms with E-state index in [0.717, 1.165) is 5.82 Å². The van der Waals surface area contributed by atoms with Gasteiger partial charge in [0.25, 0.3) is 5.91 Å². The minimum atomic E-state index is -0.105. The molecule has 2 aromatic heterocycles. The smallest absolute Gasteiger partial charge is 0.259 e. The zero-order valence-electron chi connectivity index (χ0n) is 14.1. The van der Waals surface area contributed by atoms with Gasteiger partial charge in [-0.25, -0.2) is 0 Å². The minimum absolute atomic E-state index is 0.105. The summed E-state index contributed by atoms with van der Waals surface area (Å²) in [7, 11) is 3.56. The Kier molecular flexibility index (Phi) is 5.09. The number of hydrogen-bond acceptors (Lipinski definition) is 3. The predicted octanol–water partition coefficient (Wildman–Crippen LogP) is 3.02. The molecule has 1 aromatic carbocycles. The van der Waals surface area contributed by atoms with Crippen LogP contribution in [0.2, 0.25) is 5.02 Å². The molecule has 0 spiro atoms. The first-order chi connectivity index (χ1) is 12.1. The number of benzene rings is 1. The molecule has 0 radical (unpaired) electrons. The highest BCUT2D eigenvalue weighted by molar-refractivity contribution is 6.30. The first-order valence-corrected chi connectivity index (χ1v) is 8.23. The summed E-state index contributed by atoms with van der Waals surface area (Å²) >= 11 is 5.93. The Morgan fingerprint density at radius 3 is 2.76 bits per heavy atom. The molecule has 0 aliphatic rings. The zero-order valence-corrected chi connectivity index (χ0v) is 14.8. The topological polar surface area (TPSA) is 52.3 Å². The molecule has 0 aliphatic heterocycles. The van der Waals surface area contributed by atoms with Gasteiger partial charge in [-0.2, -0.15) is 5.10 Å². The predicted molar refractivity (Wildman–Crippen MR) is 96.4 cm³/mol. The summed E-state index contributed by atoms with van der Waals surface area (Å²) in [5.74, 6) is 1.31. The van der Waals surface area contributed by atoms with Gasteiger partial charge in [-0.3, -0.25) is 9.48 Å². The van der Waals surface area contributed by atoms with Crippen molar-refractivity contribution in [1.82, 2.24) is 19.2 Å². The average Bonchev–Trinajstić information content (AvgIpc) is 3.23. The molecule has 6 nitrogen and oxygen atoms in total. The van der Waals surface area contributed by atoms with Crippen LogP contribution < -0.4 is 4.74 Å². The molecular weight excluding hydrogens is 340 g/mol. The maximum absolute atomic E-state index is 12.8. The van der Waals surface area contributed by atoms with Crippen molar-refractivity contribution in [3.63, 3.8) is 0 Å². The van der Waals surface area contributed by atoms with E-state index in [1.807, 2.05) is 48.3 Å². The summed E-state index contributed by atoms with van der Waals surface area (Å²) in [6.07, 6.45) is 5.36. The number of aryl methyl sites for hydroxylation is 1. The van der Waals surface area contributed by atoms with E-state index in [1.165, 1.54) is 0 Å². The highest BCUT2D eigenvalue weighted by Crippen LogP contribution is 2.18. The van der Waals surface area contributed by atoms with E-state index in [0.29, 0.717) is 29.5 Å². The molecule has 3 rings (SSSR count). The minimum Gasteiger partial charge on any atom is -0.492 e. The number of hydrogen-bond donors (Lipinski definition) is 0. The molecule has 0 fully saturated rings. The van der Waals surface area contributed by atoms with Gasteiger partial charge in [0, 0.05) is 31.5 Å². The summed E-state index contributed by atoms with van der Waals surface area (Å²) in [6.45, 7) is 0.826. The molecule has 1 amide bonds. The van der Waals surface area contributed by atoms with E-state index in [9.17, 15) is 4.79 Å². The quantitative estimate of drug-likeness (QED) is 0.680. The van der Waals surface area contributed by atoms with Gasteiger partial charge < -0.3 is 14.2 Å². The van der Waals surface area contributed by atoms with Crippen molar-refractivity contribution in [3.05, 3.63) is 65.6 Å². The van der Waals surface area contributed by atoms with Crippen LogP contribution in [-0.2, 0) is 7.05 Å². The third-order valence-corrected chi connectivity index (χ3v) is 4.06. The second-order valence-corrected chi connectivity index (χ2v) is 6.06. The number of carbonyl (C=O) groups excluding carboxylic acids is 1. The van der Waals surface area contributed by atoms with Gasteiger partial charge in [-0.05, 0) is 30.3 Å². The Labute approximate surface area is 151 Å². The van der Waals surface area contributed by atoms with E-state index >= 15 is 0 Å². The van der Waals surface area contributed by atoms with Gasteiger partial charge >= 0.3 is 0 Å². The molecule has 0 bridgehead atoms. The highest BCUT2D eigenvalue weighted by atomic mass is 35.5. The molecule has 7 heteroatoms. The molecule has 0 saturated carbocycles. The zero-order chi connectivity index (χ0) is 17.8. The number of aromatic nitrogens is 3. The average molecular weight is 359 g/mol. The Balaban J connectivity index is 1.65. The third-order valence-electron chi connectivity index (χ3n) is 3.83. The molecule has 0 atom stereocenters. The summed E-state index contributed by atoms with van der Waals surface area (Å²) in [5, 5.41) is 4.84. The van der Waals surface area contributed by atoms with Gasteiger partial charge in [0.15, 0.2) is 0 Å². The fraction of sp³-hybridized carbons (Fsp3) is 0.222. The fourth-order valence-corrected chi connectivity index (χ4v) is 2.71. The largest absolute Gasteiger partial charge is 0.492 e.